The van der Waals surface area contributed by atoms with Crippen molar-refractivity contribution in [3.05, 3.63) is 70.7 Å². The quantitative estimate of drug-likeness (QED) is 0.804. The molecule has 2 atom stereocenters. The van der Waals surface area contributed by atoms with Gasteiger partial charge in [-0.3, -0.25) is 0 Å². The molecule has 5 nitrogen and oxygen atoms in total. The van der Waals surface area contributed by atoms with E-state index in [4.69, 9.17) is 21.1 Å². The molecule has 24 heavy (non-hydrogen) atoms. The molecule has 0 spiro atoms. The number of carbonyl (C=O) groups excluding carboxylic acids is 1. The number of benzene rings is 2. The molecule has 0 saturated carbocycles. The maximum absolute atomic E-state index is 12.0. The Labute approximate surface area is 146 Å². The van der Waals surface area contributed by atoms with E-state index < -0.39 is 18.2 Å². The van der Waals surface area contributed by atoms with Crippen LogP contribution in [0.4, 0.5) is 4.79 Å². The highest BCUT2D eigenvalue weighted by molar-refractivity contribution is 6.30. The van der Waals surface area contributed by atoms with E-state index in [2.05, 4.69) is 5.32 Å². The first-order chi connectivity index (χ1) is 11.6. The normalized spacial score (nSPS) is 13.1. The Kier molecular flexibility index (Phi) is 7.06. The summed E-state index contributed by atoms with van der Waals surface area (Å²) in [7, 11) is 1.50. The van der Waals surface area contributed by atoms with Crippen LogP contribution in [0.1, 0.15) is 17.2 Å². The highest BCUT2D eigenvalue weighted by atomic mass is 35.5. The standard InChI is InChI=1S/C18H20ClNO4/c1-23-12-16(17(21)14-7-9-15(19)10-8-14)20-18(22)24-11-13-5-3-2-4-6-13/h2-10,16-17,21H,11-12H2,1H3,(H,20,22)/t16-,17-/m1/s1. The van der Waals surface area contributed by atoms with E-state index in [1.807, 2.05) is 30.3 Å². The van der Waals surface area contributed by atoms with Gasteiger partial charge in [0, 0.05) is 12.1 Å². The summed E-state index contributed by atoms with van der Waals surface area (Å²) in [6, 6.07) is 15.5. The van der Waals surface area contributed by atoms with Gasteiger partial charge in [-0.25, -0.2) is 4.79 Å². The molecule has 0 aliphatic heterocycles. The van der Waals surface area contributed by atoms with Gasteiger partial charge in [-0.15, -0.1) is 0 Å². The zero-order valence-electron chi connectivity index (χ0n) is 13.3. The molecular weight excluding hydrogens is 330 g/mol. The van der Waals surface area contributed by atoms with Gasteiger partial charge in [0.1, 0.15) is 12.7 Å². The second kappa shape index (κ2) is 9.27. The molecule has 0 fully saturated rings. The van der Waals surface area contributed by atoms with Crippen molar-refractivity contribution in [2.45, 2.75) is 18.8 Å². The van der Waals surface area contributed by atoms with Crippen LogP contribution < -0.4 is 5.32 Å². The minimum Gasteiger partial charge on any atom is -0.445 e. The van der Waals surface area contributed by atoms with E-state index in [1.165, 1.54) is 7.11 Å². The fraction of sp³-hybridized carbons (Fsp3) is 0.278. The number of alkyl carbamates (subject to hydrolysis) is 1. The number of carbonyl (C=O) groups is 1. The van der Waals surface area contributed by atoms with Gasteiger partial charge in [0.2, 0.25) is 0 Å². The van der Waals surface area contributed by atoms with Crippen molar-refractivity contribution in [2.75, 3.05) is 13.7 Å². The van der Waals surface area contributed by atoms with E-state index in [0.29, 0.717) is 10.6 Å². The number of amides is 1. The number of hydrogen-bond acceptors (Lipinski definition) is 4. The van der Waals surface area contributed by atoms with Crippen LogP contribution in [0.5, 0.6) is 0 Å². The largest absolute Gasteiger partial charge is 0.445 e. The summed E-state index contributed by atoms with van der Waals surface area (Å²) < 4.78 is 10.2. The van der Waals surface area contributed by atoms with Crippen molar-refractivity contribution < 1.29 is 19.4 Å². The number of halogens is 1. The summed E-state index contributed by atoms with van der Waals surface area (Å²) in [4.78, 5) is 12.0. The van der Waals surface area contributed by atoms with E-state index in [0.717, 1.165) is 5.56 Å². The monoisotopic (exact) mass is 349 g/mol. The van der Waals surface area contributed by atoms with Crippen molar-refractivity contribution in [1.29, 1.82) is 0 Å². The minimum atomic E-state index is -0.938. The Morgan fingerprint density at radius 2 is 1.83 bits per heavy atom. The van der Waals surface area contributed by atoms with Crippen molar-refractivity contribution >= 4 is 17.7 Å². The van der Waals surface area contributed by atoms with Crippen molar-refractivity contribution in [3.8, 4) is 0 Å². The maximum atomic E-state index is 12.0. The molecule has 128 valence electrons. The average Bonchev–Trinajstić information content (AvgIpc) is 2.60. The lowest BCUT2D eigenvalue weighted by atomic mass is 10.0. The first-order valence-electron chi connectivity index (χ1n) is 7.50. The van der Waals surface area contributed by atoms with Gasteiger partial charge in [-0.1, -0.05) is 54.1 Å². The van der Waals surface area contributed by atoms with Gasteiger partial charge >= 0.3 is 6.09 Å². The molecule has 0 heterocycles. The third-order valence-electron chi connectivity index (χ3n) is 3.45. The van der Waals surface area contributed by atoms with Gasteiger partial charge in [0.25, 0.3) is 0 Å². The summed E-state index contributed by atoms with van der Waals surface area (Å²) in [5.41, 5.74) is 1.51. The SMILES string of the molecule is COC[C@@H](NC(=O)OCc1ccccc1)[C@H](O)c1ccc(Cl)cc1. The molecule has 6 heteroatoms. The average molecular weight is 350 g/mol. The van der Waals surface area contributed by atoms with Crippen LogP contribution in [0.15, 0.2) is 54.6 Å². The van der Waals surface area contributed by atoms with E-state index in [1.54, 1.807) is 24.3 Å². The lowest BCUT2D eigenvalue weighted by molar-refractivity contribution is 0.0611. The first-order valence-corrected chi connectivity index (χ1v) is 7.87. The summed E-state index contributed by atoms with van der Waals surface area (Å²) >= 11 is 5.84. The third-order valence-corrected chi connectivity index (χ3v) is 3.71. The summed E-state index contributed by atoms with van der Waals surface area (Å²) in [5.74, 6) is 0. The molecule has 2 rings (SSSR count). The highest BCUT2D eigenvalue weighted by Crippen LogP contribution is 2.20. The Bertz CT molecular complexity index is 633. The predicted octanol–water partition coefficient (Wildman–Crippen LogP) is 3.31. The lowest BCUT2D eigenvalue weighted by Gasteiger charge is -2.23. The molecular formula is C18H20ClNO4. The summed E-state index contributed by atoms with van der Waals surface area (Å²) in [6.45, 7) is 0.299. The molecule has 1 amide bonds. The maximum Gasteiger partial charge on any atom is 0.407 e. The third kappa shape index (κ3) is 5.53. The molecule has 2 aromatic carbocycles. The minimum absolute atomic E-state index is 0.143. The number of aliphatic hydroxyl groups is 1. The molecule has 0 saturated heterocycles. The summed E-state index contributed by atoms with van der Waals surface area (Å²) in [6.07, 6.45) is -1.56. The fourth-order valence-electron chi connectivity index (χ4n) is 2.20. The number of nitrogens with one attached hydrogen (secondary N) is 1. The number of ether oxygens (including phenoxy) is 2. The molecule has 0 aliphatic carbocycles. The zero-order valence-corrected chi connectivity index (χ0v) is 14.1. The topological polar surface area (TPSA) is 67.8 Å². The number of aliphatic hydroxyl groups excluding tert-OH is 1. The van der Waals surface area contributed by atoms with Crippen LogP contribution in [-0.4, -0.2) is 31.0 Å². The Hall–Kier alpha value is -2.08. The lowest BCUT2D eigenvalue weighted by Crippen LogP contribution is -2.42. The van der Waals surface area contributed by atoms with Crippen LogP contribution >= 0.6 is 11.6 Å². The van der Waals surface area contributed by atoms with E-state index in [9.17, 15) is 9.90 Å². The first kappa shape index (κ1) is 18.3. The van der Waals surface area contributed by atoms with Crippen molar-refractivity contribution in [1.82, 2.24) is 5.32 Å². The Balaban J connectivity index is 1.94. The molecule has 0 unspecified atom stereocenters. The Morgan fingerprint density at radius 1 is 1.17 bits per heavy atom. The van der Waals surface area contributed by atoms with Crippen LogP contribution in [0.3, 0.4) is 0 Å². The highest BCUT2D eigenvalue weighted by Gasteiger charge is 2.23. The second-order valence-electron chi connectivity index (χ2n) is 5.26. The molecule has 2 N–H and O–H groups in total. The van der Waals surface area contributed by atoms with E-state index in [-0.39, 0.29) is 13.2 Å². The Morgan fingerprint density at radius 3 is 2.46 bits per heavy atom. The smallest absolute Gasteiger partial charge is 0.407 e. The molecule has 0 bridgehead atoms. The number of methoxy groups -OCH3 is 1. The van der Waals surface area contributed by atoms with Crippen molar-refractivity contribution in [2.24, 2.45) is 0 Å². The van der Waals surface area contributed by atoms with Crippen LogP contribution in [0.25, 0.3) is 0 Å². The molecule has 0 aliphatic rings. The number of rotatable bonds is 7. The van der Waals surface area contributed by atoms with Crippen LogP contribution in [-0.2, 0) is 16.1 Å². The molecule has 0 radical (unpaired) electrons. The zero-order chi connectivity index (χ0) is 17.4. The summed E-state index contributed by atoms with van der Waals surface area (Å²) in [5, 5.41) is 13.6. The van der Waals surface area contributed by atoms with Gasteiger partial charge in [-0.05, 0) is 23.3 Å². The molecule has 2 aromatic rings. The van der Waals surface area contributed by atoms with Crippen LogP contribution in [0, 0.1) is 0 Å². The van der Waals surface area contributed by atoms with Gasteiger partial charge in [0.05, 0.1) is 12.6 Å². The van der Waals surface area contributed by atoms with Crippen molar-refractivity contribution in [3.63, 3.8) is 0 Å². The van der Waals surface area contributed by atoms with Gasteiger partial charge < -0.3 is 19.9 Å². The fourth-order valence-corrected chi connectivity index (χ4v) is 2.33. The second-order valence-corrected chi connectivity index (χ2v) is 5.70. The van der Waals surface area contributed by atoms with E-state index >= 15 is 0 Å². The van der Waals surface area contributed by atoms with Gasteiger partial charge in [0.15, 0.2) is 0 Å². The number of hydrogen-bond donors (Lipinski definition) is 2. The van der Waals surface area contributed by atoms with Gasteiger partial charge in [-0.2, -0.15) is 0 Å². The predicted molar refractivity (Wildman–Crippen MR) is 91.8 cm³/mol. The van der Waals surface area contributed by atoms with Crippen LogP contribution in [0.2, 0.25) is 5.02 Å². The molecule has 0 aromatic heterocycles.